The monoisotopic (exact) mass is 260 g/mol. The van der Waals surface area contributed by atoms with E-state index in [1.165, 1.54) is 54.4 Å². The van der Waals surface area contributed by atoms with Gasteiger partial charge in [0.05, 0.1) is 0 Å². The molecule has 1 atom stereocenters. The molecule has 106 valence electrons. The van der Waals surface area contributed by atoms with Gasteiger partial charge in [-0.15, -0.1) is 0 Å². The van der Waals surface area contributed by atoms with Gasteiger partial charge in [-0.2, -0.15) is 0 Å². The molecule has 1 aliphatic rings. The van der Waals surface area contributed by atoms with Crippen molar-refractivity contribution >= 4 is 0 Å². The summed E-state index contributed by atoms with van der Waals surface area (Å²) in [5, 5.41) is 0. The first kappa shape index (κ1) is 14.5. The van der Waals surface area contributed by atoms with Gasteiger partial charge in [-0.05, 0) is 62.6 Å². The van der Waals surface area contributed by atoms with E-state index in [-0.39, 0.29) is 0 Å². The van der Waals surface area contributed by atoms with Crippen LogP contribution in [0.2, 0.25) is 0 Å². The summed E-state index contributed by atoms with van der Waals surface area (Å²) in [6, 6.07) is 5.01. The van der Waals surface area contributed by atoms with Crippen LogP contribution in [-0.2, 0) is 6.42 Å². The quantitative estimate of drug-likeness (QED) is 0.641. The van der Waals surface area contributed by atoms with E-state index in [4.69, 9.17) is 5.84 Å². The third-order valence-corrected chi connectivity index (χ3v) is 4.70. The second kappa shape index (κ2) is 6.53. The van der Waals surface area contributed by atoms with Gasteiger partial charge in [0.2, 0.25) is 0 Å². The highest BCUT2D eigenvalue weighted by atomic mass is 15.2. The molecule has 0 spiro atoms. The lowest BCUT2D eigenvalue weighted by molar-refractivity contribution is 0.268. The predicted octanol–water partition coefficient (Wildman–Crippen LogP) is 3.57. The van der Waals surface area contributed by atoms with Crippen molar-refractivity contribution in [2.45, 2.75) is 65.3 Å². The molecule has 2 nitrogen and oxygen atoms in total. The Labute approximate surface area is 117 Å². The van der Waals surface area contributed by atoms with Gasteiger partial charge in [-0.25, -0.2) is 0 Å². The molecule has 2 rings (SSSR count). The summed E-state index contributed by atoms with van der Waals surface area (Å²) in [4.78, 5) is 0. The van der Waals surface area contributed by atoms with Crippen molar-refractivity contribution in [3.8, 4) is 0 Å². The van der Waals surface area contributed by atoms with Crippen LogP contribution in [0.5, 0.6) is 0 Å². The molecule has 1 fully saturated rings. The lowest BCUT2D eigenvalue weighted by Crippen LogP contribution is -2.43. The van der Waals surface area contributed by atoms with E-state index in [1.54, 1.807) is 0 Å². The molecule has 3 N–H and O–H groups in total. The fourth-order valence-electron chi connectivity index (χ4n) is 3.65. The molecule has 19 heavy (non-hydrogen) atoms. The van der Waals surface area contributed by atoms with Crippen LogP contribution in [0.4, 0.5) is 0 Å². The van der Waals surface area contributed by atoms with Crippen LogP contribution in [-0.4, -0.2) is 6.04 Å². The van der Waals surface area contributed by atoms with E-state index in [0.717, 1.165) is 12.3 Å². The fourth-order valence-corrected chi connectivity index (χ4v) is 3.65. The number of benzene rings is 1. The summed E-state index contributed by atoms with van der Waals surface area (Å²) in [7, 11) is 0. The van der Waals surface area contributed by atoms with E-state index >= 15 is 0 Å². The van der Waals surface area contributed by atoms with Gasteiger partial charge in [0.25, 0.3) is 0 Å². The fraction of sp³-hybridized carbons (Fsp3) is 0.647. The Kier molecular flexibility index (Phi) is 5.00. The van der Waals surface area contributed by atoms with Crippen molar-refractivity contribution in [3.63, 3.8) is 0 Å². The summed E-state index contributed by atoms with van der Waals surface area (Å²) in [6.45, 7) is 6.62. The third-order valence-electron chi connectivity index (χ3n) is 4.70. The highest BCUT2D eigenvalue weighted by molar-refractivity contribution is 5.38. The third kappa shape index (κ3) is 3.58. The zero-order chi connectivity index (χ0) is 13.8. The number of nitrogens with one attached hydrogen (secondary N) is 1. The average molecular weight is 260 g/mol. The van der Waals surface area contributed by atoms with Crippen LogP contribution in [0.15, 0.2) is 12.1 Å². The lowest BCUT2D eigenvalue weighted by atomic mass is 9.80. The smallest absolute Gasteiger partial charge is 0.0279 e. The van der Waals surface area contributed by atoms with E-state index in [2.05, 4.69) is 38.3 Å². The van der Waals surface area contributed by atoms with Crippen molar-refractivity contribution in [1.29, 1.82) is 0 Å². The molecule has 0 aliphatic heterocycles. The van der Waals surface area contributed by atoms with E-state index < -0.39 is 0 Å². The second-order valence-electron chi connectivity index (χ2n) is 6.25. The van der Waals surface area contributed by atoms with Crippen LogP contribution in [0.3, 0.4) is 0 Å². The maximum atomic E-state index is 5.83. The Morgan fingerprint density at radius 2 is 1.68 bits per heavy atom. The van der Waals surface area contributed by atoms with Crippen LogP contribution >= 0.6 is 0 Å². The topological polar surface area (TPSA) is 38.0 Å². The SMILES string of the molecule is Cc1cc(C)c(CC(NN)C2CCCCC2)c(C)c1. The van der Waals surface area contributed by atoms with Crippen LogP contribution in [0, 0.1) is 26.7 Å². The minimum absolute atomic E-state index is 0.431. The van der Waals surface area contributed by atoms with Gasteiger partial charge in [-0.3, -0.25) is 11.3 Å². The van der Waals surface area contributed by atoms with Gasteiger partial charge in [-0.1, -0.05) is 37.0 Å². The van der Waals surface area contributed by atoms with Crippen molar-refractivity contribution in [2.75, 3.05) is 0 Å². The summed E-state index contributed by atoms with van der Waals surface area (Å²) in [5.74, 6) is 6.58. The highest BCUT2D eigenvalue weighted by Gasteiger charge is 2.23. The van der Waals surface area contributed by atoms with Gasteiger partial charge in [0.15, 0.2) is 0 Å². The van der Waals surface area contributed by atoms with Gasteiger partial charge >= 0.3 is 0 Å². The maximum absolute atomic E-state index is 5.83. The Balaban J connectivity index is 2.13. The van der Waals surface area contributed by atoms with Crippen LogP contribution < -0.4 is 11.3 Å². The molecule has 1 aromatic carbocycles. The largest absolute Gasteiger partial charge is 0.271 e. The van der Waals surface area contributed by atoms with E-state index in [0.29, 0.717) is 6.04 Å². The Morgan fingerprint density at radius 3 is 2.21 bits per heavy atom. The first-order valence-electron chi connectivity index (χ1n) is 7.64. The van der Waals surface area contributed by atoms with Crippen molar-refractivity contribution in [1.82, 2.24) is 5.43 Å². The van der Waals surface area contributed by atoms with Crippen molar-refractivity contribution < 1.29 is 0 Å². The maximum Gasteiger partial charge on any atom is 0.0279 e. The molecule has 0 heterocycles. The number of aryl methyl sites for hydroxylation is 3. The lowest BCUT2D eigenvalue weighted by Gasteiger charge is -2.30. The van der Waals surface area contributed by atoms with E-state index in [1.807, 2.05) is 0 Å². The molecule has 0 radical (unpaired) electrons. The van der Waals surface area contributed by atoms with Crippen LogP contribution in [0.1, 0.15) is 54.4 Å². The number of hydrogen-bond acceptors (Lipinski definition) is 2. The first-order valence-corrected chi connectivity index (χ1v) is 7.64. The van der Waals surface area contributed by atoms with Gasteiger partial charge in [0.1, 0.15) is 0 Å². The molecule has 1 aliphatic carbocycles. The van der Waals surface area contributed by atoms with Gasteiger partial charge < -0.3 is 0 Å². The molecule has 1 aromatic rings. The van der Waals surface area contributed by atoms with Crippen LogP contribution in [0.25, 0.3) is 0 Å². The zero-order valence-electron chi connectivity index (χ0n) is 12.6. The second-order valence-corrected chi connectivity index (χ2v) is 6.25. The summed E-state index contributed by atoms with van der Waals surface area (Å²) < 4.78 is 0. The minimum atomic E-state index is 0.431. The molecule has 0 amide bonds. The number of hydrogen-bond donors (Lipinski definition) is 2. The summed E-state index contributed by atoms with van der Waals surface area (Å²) in [6.07, 6.45) is 7.87. The first-order chi connectivity index (χ1) is 9.11. The molecular weight excluding hydrogens is 232 g/mol. The molecule has 1 saturated carbocycles. The highest BCUT2D eigenvalue weighted by Crippen LogP contribution is 2.29. The van der Waals surface area contributed by atoms with Crippen molar-refractivity contribution in [3.05, 3.63) is 34.4 Å². The summed E-state index contributed by atoms with van der Waals surface area (Å²) in [5.41, 5.74) is 8.75. The summed E-state index contributed by atoms with van der Waals surface area (Å²) >= 11 is 0. The Bertz CT molecular complexity index is 396. The number of hydrazine groups is 1. The van der Waals surface area contributed by atoms with Crippen molar-refractivity contribution in [2.24, 2.45) is 11.8 Å². The minimum Gasteiger partial charge on any atom is -0.271 e. The number of rotatable bonds is 4. The molecule has 1 unspecified atom stereocenters. The van der Waals surface area contributed by atoms with E-state index in [9.17, 15) is 0 Å². The number of nitrogens with two attached hydrogens (primary N) is 1. The molecule has 2 heteroatoms. The normalized spacial score (nSPS) is 18.5. The Hall–Kier alpha value is -0.860. The zero-order valence-corrected chi connectivity index (χ0v) is 12.6. The molecule has 0 aromatic heterocycles. The average Bonchev–Trinajstić information content (AvgIpc) is 2.39. The van der Waals surface area contributed by atoms with Gasteiger partial charge in [0, 0.05) is 6.04 Å². The Morgan fingerprint density at radius 1 is 1.11 bits per heavy atom. The standard InChI is InChI=1S/C17H28N2/c1-12-9-13(2)16(14(3)10-12)11-17(19-18)15-7-5-4-6-8-15/h9-10,15,17,19H,4-8,11,18H2,1-3H3. The molecule has 0 saturated heterocycles. The molecular formula is C17H28N2. The predicted molar refractivity (Wildman–Crippen MR) is 82.0 cm³/mol. The molecule has 0 bridgehead atoms.